The summed E-state index contributed by atoms with van der Waals surface area (Å²) in [7, 11) is -9.69. The molecule has 37 heavy (non-hydrogen) atoms. The Labute approximate surface area is 205 Å². The molecule has 1 unspecified atom stereocenters. The topological polar surface area (TPSA) is 230 Å². The van der Waals surface area contributed by atoms with Gasteiger partial charge in [0, 0.05) is 10.9 Å². The fourth-order valence-corrected chi connectivity index (χ4v) is 6.40. The number of ether oxygens (including phenoxy) is 1. The standard InChI is InChI=1S/C18H15F3N8O6S2/c19-18(20,21)17(30)35-13(22)7-36(31,32)12-4-2-10(8-1-3-11-9(5-8)6-24-25-11)14(15(12)37(23,33)34)16-26-28-29-27-16/h1-6,13H,7,22H2,(H,24,25)(H2,23,33,34)(H,26,27,28,29). The molecule has 0 saturated carbocycles. The van der Waals surface area contributed by atoms with Crippen LogP contribution in [0.3, 0.4) is 0 Å². The Balaban J connectivity index is 1.91. The van der Waals surface area contributed by atoms with Gasteiger partial charge in [0.15, 0.2) is 21.9 Å². The van der Waals surface area contributed by atoms with Crippen LogP contribution in [0.5, 0.6) is 0 Å². The number of tetrazole rings is 1. The highest BCUT2D eigenvalue weighted by Gasteiger charge is 2.43. The molecule has 14 nitrogen and oxygen atoms in total. The first kappa shape index (κ1) is 26.1. The molecule has 0 aliphatic carbocycles. The second-order valence-corrected chi connectivity index (χ2v) is 11.0. The van der Waals surface area contributed by atoms with Gasteiger partial charge in [-0.05, 0) is 39.8 Å². The fraction of sp³-hybridized carbons (Fsp3) is 0.167. The second kappa shape index (κ2) is 9.18. The number of aromatic amines is 2. The van der Waals surface area contributed by atoms with Gasteiger partial charge in [-0.15, -0.1) is 5.10 Å². The molecule has 196 valence electrons. The van der Waals surface area contributed by atoms with Gasteiger partial charge in [0.2, 0.25) is 10.0 Å². The molecule has 0 bridgehead atoms. The quantitative estimate of drug-likeness (QED) is 0.176. The number of fused-ring (bicyclic) bond motifs is 1. The van der Waals surface area contributed by atoms with E-state index in [1.54, 1.807) is 18.2 Å². The maximum absolute atomic E-state index is 13.1. The summed E-state index contributed by atoms with van der Waals surface area (Å²) in [6.45, 7) is 0. The summed E-state index contributed by atoms with van der Waals surface area (Å²) >= 11 is 0. The number of H-pyrrole nitrogens is 2. The maximum atomic E-state index is 13.1. The predicted octanol–water partition coefficient (Wildman–Crippen LogP) is 0.221. The van der Waals surface area contributed by atoms with Crippen LogP contribution in [-0.2, 0) is 29.4 Å². The van der Waals surface area contributed by atoms with Crippen LogP contribution in [0.15, 0.2) is 46.3 Å². The first-order valence-electron chi connectivity index (χ1n) is 9.82. The predicted molar refractivity (Wildman–Crippen MR) is 118 cm³/mol. The molecule has 0 saturated heterocycles. The number of hydrogen-bond donors (Lipinski definition) is 4. The molecule has 0 fully saturated rings. The van der Waals surface area contributed by atoms with Crippen molar-refractivity contribution >= 4 is 36.7 Å². The van der Waals surface area contributed by atoms with E-state index in [0.29, 0.717) is 16.5 Å². The number of esters is 1. The number of rotatable bonds is 7. The van der Waals surface area contributed by atoms with Crippen molar-refractivity contribution < 1.29 is 39.5 Å². The van der Waals surface area contributed by atoms with Gasteiger partial charge in [-0.3, -0.25) is 10.8 Å². The summed E-state index contributed by atoms with van der Waals surface area (Å²) < 4.78 is 93.0. The largest absolute Gasteiger partial charge is 0.490 e. The van der Waals surface area contributed by atoms with Gasteiger partial charge in [-0.25, -0.2) is 31.9 Å². The lowest BCUT2D eigenvalue weighted by atomic mass is 9.98. The van der Waals surface area contributed by atoms with Crippen molar-refractivity contribution in [2.75, 3.05) is 5.75 Å². The number of hydrogen-bond acceptors (Lipinski definition) is 11. The number of primary sulfonamides is 1. The second-order valence-electron chi connectivity index (χ2n) is 7.51. The van der Waals surface area contributed by atoms with Gasteiger partial charge < -0.3 is 4.74 Å². The molecule has 0 radical (unpaired) electrons. The molecule has 19 heteroatoms. The molecular weight excluding hydrogens is 545 g/mol. The number of benzene rings is 2. The van der Waals surface area contributed by atoms with Crippen LogP contribution in [0.25, 0.3) is 33.4 Å². The molecular formula is C18H15F3N8O6S2. The number of carbonyl (C=O) groups is 1. The first-order valence-corrected chi connectivity index (χ1v) is 13.0. The summed E-state index contributed by atoms with van der Waals surface area (Å²) in [4.78, 5) is 9.16. The van der Waals surface area contributed by atoms with Crippen LogP contribution in [0.4, 0.5) is 13.2 Å². The zero-order valence-electron chi connectivity index (χ0n) is 18.1. The van der Waals surface area contributed by atoms with Crippen molar-refractivity contribution in [2.45, 2.75) is 22.2 Å². The fourth-order valence-electron chi connectivity index (χ4n) is 3.49. The van der Waals surface area contributed by atoms with E-state index in [4.69, 9.17) is 10.9 Å². The van der Waals surface area contributed by atoms with E-state index >= 15 is 0 Å². The van der Waals surface area contributed by atoms with E-state index in [2.05, 4.69) is 35.6 Å². The third-order valence-corrected chi connectivity index (χ3v) is 7.85. The molecule has 0 aliphatic rings. The molecule has 1 atom stereocenters. The average Bonchev–Trinajstić information content (AvgIpc) is 3.48. The Morgan fingerprint density at radius 1 is 1.11 bits per heavy atom. The highest BCUT2D eigenvalue weighted by atomic mass is 32.2. The highest BCUT2D eigenvalue weighted by molar-refractivity contribution is 7.93. The van der Waals surface area contributed by atoms with Gasteiger partial charge in [-0.2, -0.15) is 18.3 Å². The van der Waals surface area contributed by atoms with Crippen molar-refractivity contribution in [2.24, 2.45) is 10.9 Å². The highest BCUT2D eigenvalue weighted by Crippen LogP contribution is 2.39. The normalized spacial score (nSPS) is 13.5. The zero-order chi connectivity index (χ0) is 27.2. The van der Waals surface area contributed by atoms with E-state index in [1.807, 2.05) is 0 Å². The molecule has 4 rings (SSSR count). The smallest absolute Gasteiger partial charge is 0.439 e. The van der Waals surface area contributed by atoms with Gasteiger partial charge in [-0.1, -0.05) is 12.1 Å². The Kier molecular flexibility index (Phi) is 6.48. The monoisotopic (exact) mass is 560 g/mol. The lowest BCUT2D eigenvalue weighted by molar-refractivity contribution is -0.203. The van der Waals surface area contributed by atoms with Crippen LogP contribution < -0.4 is 10.9 Å². The molecule has 2 aromatic heterocycles. The molecule has 0 aliphatic heterocycles. The number of sulfone groups is 1. The summed E-state index contributed by atoms with van der Waals surface area (Å²) in [6.07, 6.45) is -6.22. The Morgan fingerprint density at radius 2 is 1.84 bits per heavy atom. The number of alkyl halides is 3. The molecule has 2 aromatic carbocycles. The SMILES string of the molecule is NC(CS(=O)(=O)c1ccc(-c2ccc3[nH]ncc3c2)c(-c2nnn[nH]2)c1S(N)(=O)=O)OC(=O)C(F)(F)F. The molecule has 6 N–H and O–H groups in total. The molecule has 4 aromatic rings. The third kappa shape index (κ3) is 5.28. The number of carbonyl (C=O) groups excluding carboxylic acids is 1. The molecule has 2 heterocycles. The minimum atomic E-state index is -5.43. The van der Waals surface area contributed by atoms with Gasteiger partial charge in [0.05, 0.1) is 16.6 Å². The summed E-state index contributed by atoms with van der Waals surface area (Å²) in [5.41, 5.74) is 6.15. The average molecular weight is 560 g/mol. The van der Waals surface area contributed by atoms with E-state index in [1.165, 1.54) is 12.3 Å². The lowest BCUT2D eigenvalue weighted by Crippen LogP contribution is -2.39. The molecule has 0 amide bonds. The summed E-state index contributed by atoms with van der Waals surface area (Å²) in [6, 6.07) is 6.95. The molecule has 0 spiro atoms. The first-order chi connectivity index (χ1) is 17.2. The van der Waals surface area contributed by atoms with Crippen LogP contribution in [0.1, 0.15) is 0 Å². The summed E-state index contributed by atoms with van der Waals surface area (Å²) in [5, 5.41) is 25.5. The number of nitrogens with one attached hydrogen (secondary N) is 2. The number of aromatic nitrogens is 6. The van der Waals surface area contributed by atoms with Crippen molar-refractivity contribution in [1.29, 1.82) is 0 Å². The van der Waals surface area contributed by atoms with E-state index < -0.39 is 53.8 Å². The minimum absolute atomic E-state index is 0.137. The zero-order valence-corrected chi connectivity index (χ0v) is 19.7. The minimum Gasteiger partial charge on any atom is -0.439 e. The van der Waals surface area contributed by atoms with Crippen molar-refractivity contribution in [3.8, 4) is 22.5 Å². The van der Waals surface area contributed by atoms with Crippen LogP contribution in [-0.4, -0.2) is 71.8 Å². The number of nitrogens with two attached hydrogens (primary N) is 2. The van der Waals surface area contributed by atoms with Crippen molar-refractivity contribution in [3.63, 3.8) is 0 Å². The van der Waals surface area contributed by atoms with Crippen LogP contribution in [0.2, 0.25) is 0 Å². The van der Waals surface area contributed by atoms with Gasteiger partial charge >= 0.3 is 12.1 Å². The lowest BCUT2D eigenvalue weighted by Gasteiger charge is -2.18. The van der Waals surface area contributed by atoms with Crippen molar-refractivity contribution in [1.82, 2.24) is 30.8 Å². The Bertz CT molecular complexity index is 1700. The summed E-state index contributed by atoms with van der Waals surface area (Å²) in [5.74, 6) is -4.40. The van der Waals surface area contributed by atoms with Gasteiger partial charge in [0.1, 0.15) is 10.6 Å². The number of sulfonamides is 1. The van der Waals surface area contributed by atoms with Crippen LogP contribution in [0, 0.1) is 0 Å². The Morgan fingerprint density at radius 3 is 2.46 bits per heavy atom. The van der Waals surface area contributed by atoms with Crippen molar-refractivity contribution in [3.05, 3.63) is 36.5 Å². The maximum Gasteiger partial charge on any atom is 0.490 e. The van der Waals surface area contributed by atoms with Gasteiger partial charge in [0.25, 0.3) is 0 Å². The number of halogens is 3. The third-order valence-electron chi connectivity index (χ3n) is 4.95. The Hall–Kier alpha value is -3.94. The van der Waals surface area contributed by atoms with E-state index in [0.717, 1.165) is 6.07 Å². The van der Waals surface area contributed by atoms with E-state index in [9.17, 15) is 34.8 Å². The van der Waals surface area contributed by atoms with Crippen LogP contribution >= 0.6 is 0 Å². The van der Waals surface area contributed by atoms with E-state index in [-0.39, 0.29) is 17.0 Å². The number of nitrogens with zero attached hydrogens (tertiary/aromatic N) is 4.